The molecule has 0 nitrogen and oxygen atoms in total. The van der Waals surface area contributed by atoms with Crippen LogP contribution in [0, 0.1) is 6.92 Å². The summed E-state index contributed by atoms with van der Waals surface area (Å²) in [5.74, 6) is 0. The van der Waals surface area contributed by atoms with E-state index in [0.717, 1.165) is 0 Å². The zero-order valence-corrected chi connectivity index (χ0v) is 6.79. The Labute approximate surface area is 60.5 Å². The lowest BCUT2D eigenvalue weighted by molar-refractivity contribution is 0.933. The SMILES string of the molecule is CCCc1sccc1C. The fourth-order valence-corrected chi connectivity index (χ4v) is 1.90. The molecule has 9 heavy (non-hydrogen) atoms. The summed E-state index contributed by atoms with van der Waals surface area (Å²) in [5.41, 5.74) is 1.46. The van der Waals surface area contributed by atoms with Crippen molar-refractivity contribution in [3.8, 4) is 0 Å². The lowest BCUT2D eigenvalue weighted by Gasteiger charge is -1.92. The molecule has 0 atom stereocenters. The summed E-state index contributed by atoms with van der Waals surface area (Å²) in [6.45, 7) is 4.40. The zero-order valence-electron chi connectivity index (χ0n) is 5.98. The predicted molar refractivity (Wildman–Crippen MR) is 43.1 cm³/mol. The van der Waals surface area contributed by atoms with E-state index < -0.39 is 0 Å². The summed E-state index contributed by atoms with van der Waals surface area (Å²) in [6, 6.07) is 2.19. The predicted octanol–water partition coefficient (Wildman–Crippen LogP) is 3.01. The van der Waals surface area contributed by atoms with E-state index in [2.05, 4.69) is 25.3 Å². The third kappa shape index (κ3) is 1.55. The molecule has 0 saturated carbocycles. The van der Waals surface area contributed by atoms with Gasteiger partial charge in [-0.2, -0.15) is 0 Å². The second-order valence-corrected chi connectivity index (χ2v) is 3.28. The second kappa shape index (κ2) is 3.02. The molecule has 0 spiro atoms. The number of thiophene rings is 1. The lowest BCUT2D eigenvalue weighted by Crippen LogP contribution is -1.78. The highest BCUT2D eigenvalue weighted by atomic mass is 32.1. The number of aryl methyl sites for hydroxylation is 2. The standard InChI is InChI=1S/C8H12S/c1-3-4-8-7(2)5-6-9-8/h5-6H,3-4H2,1-2H3. The zero-order chi connectivity index (χ0) is 6.69. The number of hydrogen-bond acceptors (Lipinski definition) is 1. The molecule has 0 amide bonds. The monoisotopic (exact) mass is 140 g/mol. The first-order valence-corrected chi connectivity index (χ1v) is 4.25. The third-order valence-electron chi connectivity index (χ3n) is 1.45. The molecule has 0 aromatic carbocycles. The fourth-order valence-electron chi connectivity index (χ4n) is 0.887. The van der Waals surface area contributed by atoms with Gasteiger partial charge in [0, 0.05) is 4.88 Å². The molecule has 1 heterocycles. The van der Waals surface area contributed by atoms with Crippen LogP contribution in [0.5, 0.6) is 0 Å². The molecular weight excluding hydrogens is 128 g/mol. The molecule has 0 unspecified atom stereocenters. The summed E-state index contributed by atoms with van der Waals surface area (Å²) in [4.78, 5) is 1.55. The first kappa shape index (κ1) is 6.81. The van der Waals surface area contributed by atoms with E-state index in [9.17, 15) is 0 Å². The Morgan fingerprint density at radius 3 is 2.78 bits per heavy atom. The van der Waals surface area contributed by atoms with Gasteiger partial charge in [0.25, 0.3) is 0 Å². The van der Waals surface area contributed by atoms with E-state index in [1.807, 2.05) is 11.3 Å². The highest BCUT2D eigenvalue weighted by molar-refractivity contribution is 7.10. The molecule has 0 radical (unpaired) electrons. The van der Waals surface area contributed by atoms with Gasteiger partial charge in [0.05, 0.1) is 0 Å². The van der Waals surface area contributed by atoms with Gasteiger partial charge in [0.15, 0.2) is 0 Å². The summed E-state index contributed by atoms with van der Waals surface area (Å²) in [5, 5.41) is 2.17. The van der Waals surface area contributed by atoms with Crippen LogP contribution in [0.4, 0.5) is 0 Å². The van der Waals surface area contributed by atoms with Gasteiger partial charge >= 0.3 is 0 Å². The minimum Gasteiger partial charge on any atom is -0.149 e. The van der Waals surface area contributed by atoms with Crippen LogP contribution in [0.2, 0.25) is 0 Å². The Hall–Kier alpha value is -0.300. The van der Waals surface area contributed by atoms with Crippen LogP contribution in [-0.4, -0.2) is 0 Å². The van der Waals surface area contributed by atoms with E-state index in [4.69, 9.17) is 0 Å². The smallest absolute Gasteiger partial charge is 0.00742 e. The Bertz CT molecular complexity index is 176. The van der Waals surface area contributed by atoms with Crippen molar-refractivity contribution in [2.24, 2.45) is 0 Å². The van der Waals surface area contributed by atoms with Crippen LogP contribution < -0.4 is 0 Å². The van der Waals surface area contributed by atoms with Crippen LogP contribution in [0.1, 0.15) is 23.8 Å². The first-order valence-electron chi connectivity index (χ1n) is 3.37. The lowest BCUT2D eigenvalue weighted by atomic mass is 10.2. The van der Waals surface area contributed by atoms with Gasteiger partial charge in [0.1, 0.15) is 0 Å². The normalized spacial score (nSPS) is 10.0. The van der Waals surface area contributed by atoms with Gasteiger partial charge in [-0.25, -0.2) is 0 Å². The summed E-state index contributed by atoms with van der Waals surface area (Å²) in [7, 11) is 0. The van der Waals surface area contributed by atoms with Gasteiger partial charge in [0.2, 0.25) is 0 Å². The Morgan fingerprint density at radius 1 is 1.56 bits per heavy atom. The summed E-state index contributed by atoms with van der Waals surface area (Å²) >= 11 is 1.87. The molecular formula is C8H12S. The maximum absolute atomic E-state index is 2.22. The fraction of sp³-hybridized carbons (Fsp3) is 0.500. The molecule has 50 valence electrons. The molecule has 0 fully saturated rings. The third-order valence-corrected chi connectivity index (χ3v) is 2.53. The topological polar surface area (TPSA) is 0 Å². The quantitative estimate of drug-likeness (QED) is 0.592. The van der Waals surface area contributed by atoms with Crippen molar-refractivity contribution in [3.63, 3.8) is 0 Å². The molecule has 0 aliphatic carbocycles. The molecule has 0 N–H and O–H groups in total. The van der Waals surface area contributed by atoms with E-state index in [0.29, 0.717) is 0 Å². The minimum absolute atomic E-state index is 1.25. The van der Waals surface area contributed by atoms with Crippen molar-refractivity contribution < 1.29 is 0 Å². The Balaban J connectivity index is 2.69. The van der Waals surface area contributed by atoms with E-state index in [-0.39, 0.29) is 0 Å². The van der Waals surface area contributed by atoms with Crippen molar-refractivity contribution in [1.29, 1.82) is 0 Å². The second-order valence-electron chi connectivity index (χ2n) is 2.28. The van der Waals surface area contributed by atoms with Crippen LogP contribution in [-0.2, 0) is 6.42 Å². The van der Waals surface area contributed by atoms with Gasteiger partial charge in [-0.05, 0) is 30.4 Å². The van der Waals surface area contributed by atoms with E-state index >= 15 is 0 Å². The molecule has 1 heteroatoms. The highest BCUT2D eigenvalue weighted by Gasteiger charge is 1.95. The van der Waals surface area contributed by atoms with Gasteiger partial charge in [-0.1, -0.05) is 13.3 Å². The largest absolute Gasteiger partial charge is 0.149 e. The van der Waals surface area contributed by atoms with Gasteiger partial charge in [-0.3, -0.25) is 0 Å². The molecule has 1 rings (SSSR count). The van der Waals surface area contributed by atoms with Gasteiger partial charge < -0.3 is 0 Å². The van der Waals surface area contributed by atoms with Crippen LogP contribution in [0.25, 0.3) is 0 Å². The maximum Gasteiger partial charge on any atom is 0.00742 e. The molecule has 0 aliphatic rings. The highest BCUT2D eigenvalue weighted by Crippen LogP contribution is 2.16. The maximum atomic E-state index is 2.22. The van der Waals surface area contributed by atoms with Gasteiger partial charge in [-0.15, -0.1) is 11.3 Å². The van der Waals surface area contributed by atoms with Crippen molar-refractivity contribution in [1.82, 2.24) is 0 Å². The number of hydrogen-bond donors (Lipinski definition) is 0. The van der Waals surface area contributed by atoms with E-state index in [1.165, 1.54) is 18.4 Å². The van der Waals surface area contributed by atoms with Crippen molar-refractivity contribution in [2.45, 2.75) is 26.7 Å². The molecule has 0 aliphatic heterocycles. The Kier molecular flexibility index (Phi) is 2.29. The summed E-state index contributed by atoms with van der Waals surface area (Å²) in [6.07, 6.45) is 2.52. The average Bonchev–Trinajstić information content (AvgIpc) is 2.18. The molecule has 0 saturated heterocycles. The van der Waals surface area contributed by atoms with Crippen molar-refractivity contribution in [2.75, 3.05) is 0 Å². The summed E-state index contributed by atoms with van der Waals surface area (Å²) < 4.78 is 0. The molecule has 0 bridgehead atoms. The van der Waals surface area contributed by atoms with Crippen molar-refractivity contribution in [3.05, 3.63) is 21.9 Å². The number of rotatable bonds is 2. The van der Waals surface area contributed by atoms with Crippen LogP contribution in [0.3, 0.4) is 0 Å². The Morgan fingerprint density at radius 2 is 2.33 bits per heavy atom. The minimum atomic E-state index is 1.25. The molecule has 1 aromatic rings. The average molecular weight is 140 g/mol. The van der Waals surface area contributed by atoms with Crippen molar-refractivity contribution >= 4 is 11.3 Å². The van der Waals surface area contributed by atoms with E-state index in [1.54, 1.807) is 4.88 Å². The van der Waals surface area contributed by atoms with Crippen LogP contribution in [0.15, 0.2) is 11.4 Å². The first-order chi connectivity index (χ1) is 4.34. The molecule has 1 aromatic heterocycles. The van der Waals surface area contributed by atoms with Crippen LogP contribution >= 0.6 is 11.3 Å².